The molecule has 0 saturated heterocycles. The van der Waals surface area contributed by atoms with Crippen molar-refractivity contribution < 1.29 is 62.5 Å². The molecule has 14 heteroatoms. The van der Waals surface area contributed by atoms with Crippen LogP contribution in [0, 0.1) is 34.9 Å². The summed E-state index contributed by atoms with van der Waals surface area (Å²) in [5.41, 5.74) is -3.03. The van der Waals surface area contributed by atoms with Crippen LogP contribution >= 0.6 is 0 Å². The highest BCUT2D eigenvalue weighted by atomic mass is 19.4. The molecule has 4 aromatic rings. The lowest BCUT2D eigenvalue weighted by Gasteiger charge is -2.29. The van der Waals surface area contributed by atoms with Gasteiger partial charge in [-0.3, -0.25) is 0 Å². The minimum atomic E-state index is -5.43. The van der Waals surface area contributed by atoms with Crippen LogP contribution in [0.4, 0.5) is 48.3 Å². The van der Waals surface area contributed by atoms with E-state index < -0.39 is 75.6 Å². The molecule has 5 rings (SSSR count). The Kier molecular flexibility index (Phi) is 11.5. The second kappa shape index (κ2) is 15.5. The van der Waals surface area contributed by atoms with Crippen LogP contribution in [0.25, 0.3) is 22.3 Å². The van der Waals surface area contributed by atoms with Crippen LogP contribution in [0.1, 0.15) is 68.9 Å². The van der Waals surface area contributed by atoms with Gasteiger partial charge in [-0.1, -0.05) is 31.9 Å². The summed E-state index contributed by atoms with van der Waals surface area (Å²) in [4.78, 5) is 0. The molecule has 3 nitrogen and oxygen atoms in total. The van der Waals surface area contributed by atoms with Crippen LogP contribution < -0.4 is 9.47 Å². The molecule has 0 heterocycles. The van der Waals surface area contributed by atoms with Crippen LogP contribution in [0.15, 0.2) is 60.7 Å². The SMILES string of the molecule is CCCCCOC1CCC(c2ccc(-c3cc(F)c(C(F)(F)Oc4ccc(-c5cc(F)c(OC(F)(F)F)c(F)c5)c(F)c4)c(F)c3)c(F)c2)CC1. The highest BCUT2D eigenvalue weighted by molar-refractivity contribution is 5.67. The first-order valence-corrected chi connectivity index (χ1v) is 16.1. The Morgan fingerprint density at radius 2 is 1.16 bits per heavy atom. The van der Waals surface area contributed by atoms with E-state index in [-0.39, 0.29) is 23.1 Å². The quantitative estimate of drug-likeness (QED) is 0.107. The van der Waals surface area contributed by atoms with E-state index in [4.69, 9.17) is 4.74 Å². The van der Waals surface area contributed by atoms with E-state index in [2.05, 4.69) is 16.4 Å². The van der Waals surface area contributed by atoms with Gasteiger partial charge in [0.2, 0.25) is 5.75 Å². The maximum atomic E-state index is 15.2. The molecule has 0 bridgehead atoms. The number of hydrogen-bond acceptors (Lipinski definition) is 3. The Morgan fingerprint density at radius 3 is 1.69 bits per heavy atom. The zero-order valence-corrected chi connectivity index (χ0v) is 27.0. The number of unbranched alkanes of at least 4 members (excludes halogenated alkanes) is 2. The van der Waals surface area contributed by atoms with Crippen molar-refractivity contribution in [2.75, 3.05) is 6.61 Å². The first-order chi connectivity index (χ1) is 24.1. The van der Waals surface area contributed by atoms with Gasteiger partial charge in [-0.25, -0.2) is 26.3 Å². The Balaban J connectivity index is 1.29. The topological polar surface area (TPSA) is 27.7 Å². The van der Waals surface area contributed by atoms with E-state index in [1.165, 1.54) is 12.1 Å². The summed E-state index contributed by atoms with van der Waals surface area (Å²) in [6, 6.07) is 7.54. The third-order valence-corrected chi connectivity index (χ3v) is 8.60. The third-order valence-electron chi connectivity index (χ3n) is 8.60. The Hall–Kier alpha value is -4.33. The molecule has 0 spiro atoms. The van der Waals surface area contributed by atoms with Crippen molar-refractivity contribution in [1.82, 2.24) is 0 Å². The molecule has 1 saturated carbocycles. The lowest BCUT2D eigenvalue weighted by Crippen LogP contribution is -2.25. The number of benzene rings is 4. The van der Waals surface area contributed by atoms with Gasteiger partial charge in [-0.05, 0) is 97.2 Å². The average Bonchev–Trinajstić information content (AvgIpc) is 3.04. The molecule has 274 valence electrons. The highest BCUT2D eigenvalue weighted by Crippen LogP contribution is 2.41. The van der Waals surface area contributed by atoms with Gasteiger partial charge in [-0.2, -0.15) is 8.78 Å². The van der Waals surface area contributed by atoms with Crippen LogP contribution in [0.3, 0.4) is 0 Å². The molecule has 4 aromatic carbocycles. The Bertz CT molecular complexity index is 1800. The lowest BCUT2D eigenvalue weighted by atomic mass is 9.82. The number of halogens is 11. The number of alkyl halides is 5. The van der Waals surface area contributed by atoms with E-state index in [1.807, 2.05) is 0 Å². The van der Waals surface area contributed by atoms with Crippen molar-refractivity contribution in [2.24, 2.45) is 0 Å². The molecule has 1 aliphatic rings. The predicted molar refractivity (Wildman–Crippen MR) is 165 cm³/mol. The second-order valence-electron chi connectivity index (χ2n) is 12.2. The molecule has 51 heavy (non-hydrogen) atoms. The third kappa shape index (κ3) is 9.13. The Morgan fingerprint density at radius 1 is 0.608 bits per heavy atom. The van der Waals surface area contributed by atoms with Crippen molar-refractivity contribution >= 4 is 0 Å². The van der Waals surface area contributed by atoms with Gasteiger partial charge in [-0.15, -0.1) is 13.2 Å². The van der Waals surface area contributed by atoms with Crippen LogP contribution in [0.5, 0.6) is 11.5 Å². The summed E-state index contributed by atoms with van der Waals surface area (Å²) in [5, 5.41) is 0. The fourth-order valence-electron chi connectivity index (χ4n) is 6.11. The van der Waals surface area contributed by atoms with Gasteiger partial charge in [0.15, 0.2) is 11.6 Å². The minimum Gasteiger partial charge on any atom is -0.429 e. The van der Waals surface area contributed by atoms with Gasteiger partial charge in [0, 0.05) is 23.8 Å². The first kappa shape index (κ1) is 37.9. The van der Waals surface area contributed by atoms with Gasteiger partial charge in [0.05, 0.1) is 6.10 Å². The number of hydrogen-bond donors (Lipinski definition) is 0. The molecular weight excluding hydrogens is 701 g/mol. The number of ether oxygens (including phenoxy) is 3. The van der Waals surface area contributed by atoms with Gasteiger partial charge in [0.1, 0.15) is 34.6 Å². The maximum Gasteiger partial charge on any atom is 0.573 e. The molecule has 1 fully saturated rings. The molecule has 0 N–H and O–H groups in total. The molecule has 0 unspecified atom stereocenters. The van der Waals surface area contributed by atoms with E-state index >= 15 is 22.0 Å². The van der Waals surface area contributed by atoms with Crippen molar-refractivity contribution in [3.8, 4) is 33.8 Å². The van der Waals surface area contributed by atoms with Crippen molar-refractivity contribution in [3.05, 3.63) is 107 Å². The molecule has 0 amide bonds. The summed E-state index contributed by atoms with van der Waals surface area (Å²) < 4.78 is 170. The summed E-state index contributed by atoms with van der Waals surface area (Å²) in [6.07, 6.45) is -3.70. The van der Waals surface area contributed by atoms with Crippen LogP contribution in [0.2, 0.25) is 0 Å². The summed E-state index contributed by atoms with van der Waals surface area (Å²) in [5.74, 6) is -12.2. The molecule has 0 aliphatic heterocycles. The minimum absolute atomic E-state index is 0.0513. The van der Waals surface area contributed by atoms with E-state index in [0.717, 1.165) is 44.9 Å². The largest absolute Gasteiger partial charge is 0.573 e. The maximum absolute atomic E-state index is 15.2. The van der Waals surface area contributed by atoms with Crippen molar-refractivity contribution in [2.45, 2.75) is 76.4 Å². The Labute approximate surface area is 286 Å². The van der Waals surface area contributed by atoms with Crippen molar-refractivity contribution in [3.63, 3.8) is 0 Å². The number of rotatable bonds is 12. The predicted octanol–water partition coefficient (Wildman–Crippen LogP) is 12.1. The summed E-state index contributed by atoms with van der Waals surface area (Å²) in [7, 11) is 0. The standard InChI is InChI=1S/C37H31F11O3/c1-2-3-4-13-49-24-8-5-20(6-9-24)21-7-11-26(28(38)14-21)22-15-30(40)34(31(41)16-22)36(44,45)50-25-10-12-27(29(39)19-25)23-17-32(42)35(33(43)18-23)51-37(46,47)48/h7,10-12,14-20,24H,2-6,8-9,13H2,1H3. The molecule has 1 aliphatic carbocycles. The highest BCUT2D eigenvalue weighted by Gasteiger charge is 2.41. The van der Waals surface area contributed by atoms with E-state index in [0.29, 0.717) is 54.6 Å². The van der Waals surface area contributed by atoms with E-state index in [1.54, 1.807) is 6.07 Å². The second-order valence-corrected chi connectivity index (χ2v) is 12.2. The first-order valence-electron chi connectivity index (χ1n) is 16.1. The molecular formula is C37H31F11O3. The molecule has 0 radical (unpaired) electrons. The zero-order chi connectivity index (χ0) is 37.1. The van der Waals surface area contributed by atoms with Crippen LogP contribution in [-0.2, 0) is 10.8 Å². The fourth-order valence-corrected chi connectivity index (χ4v) is 6.11. The lowest BCUT2D eigenvalue weighted by molar-refractivity contribution is -0.276. The van der Waals surface area contributed by atoms with E-state index in [9.17, 15) is 26.3 Å². The summed E-state index contributed by atoms with van der Waals surface area (Å²) >= 11 is 0. The van der Waals surface area contributed by atoms with Gasteiger partial charge >= 0.3 is 12.5 Å². The van der Waals surface area contributed by atoms with Crippen molar-refractivity contribution in [1.29, 1.82) is 0 Å². The normalized spacial score (nSPS) is 16.7. The summed E-state index contributed by atoms with van der Waals surface area (Å²) in [6.45, 7) is 2.81. The van der Waals surface area contributed by atoms with Gasteiger partial charge in [0.25, 0.3) is 0 Å². The average molecular weight is 733 g/mol. The van der Waals surface area contributed by atoms with Gasteiger partial charge < -0.3 is 14.2 Å². The van der Waals surface area contributed by atoms with Crippen LogP contribution in [-0.4, -0.2) is 19.1 Å². The monoisotopic (exact) mass is 732 g/mol. The zero-order valence-electron chi connectivity index (χ0n) is 27.0. The fraction of sp³-hybridized carbons (Fsp3) is 0.351. The molecule has 0 aromatic heterocycles. The smallest absolute Gasteiger partial charge is 0.429 e. The molecule has 0 atom stereocenters.